The fourth-order valence-electron chi connectivity index (χ4n) is 3.74. The highest BCUT2D eigenvalue weighted by molar-refractivity contribution is 6.12. The van der Waals surface area contributed by atoms with Gasteiger partial charge in [-0.1, -0.05) is 12.1 Å². The van der Waals surface area contributed by atoms with Crippen molar-refractivity contribution in [2.24, 2.45) is 0 Å². The summed E-state index contributed by atoms with van der Waals surface area (Å²) in [6.45, 7) is 7.49. The van der Waals surface area contributed by atoms with Gasteiger partial charge in [-0.25, -0.2) is 15.0 Å². The highest BCUT2D eigenvalue weighted by Crippen LogP contribution is 2.46. The Hall–Kier alpha value is -3.61. The van der Waals surface area contributed by atoms with Crippen molar-refractivity contribution in [2.75, 3.05) is 4.90 Å². The molecule has 0 fully saturated rings. The maximum Gasteiger partial charge on any atom is 0.242 e. The molecule has 144 valence electrons. The number of nitrogens with zero attached hydrogens (tertiary/aromatic N) is 5. The van der Waals surface area contributed by atoms with E-state index in [9.17, 15) is 4.79 Å². The Morgan fingerprint density at radius 1 is 0.966 bits per heavy atom. The maximum absolute atomic E-state index is 13.3. The number of carbonyl (C=O) groups excluding carboxylic acids is 1. The zero-order valence-corrected chi connectivity index (χ0v) is 16.6. The Bertz CT molecular complexity index is 1270. The Balaban J connectivity index is 1.68. The molecule has 1 aliphatic rings. The largest absolute Gasteiger partial charge is 0.439 e. The standard InChI is InChI=1S/C22H19N5O2/c1-12-23-10-15(11-24-12)14-5-6-16-17(9-14)27(21(28)22(16,3)4)19-8-7-18-20(26-19)25-13(2)29-18/h5-11H,1-4H3. The van der Waals surface area contributed by atoms with Gasteiger partial charge in [0.2, 0.25) is 11.6 Å². The lowest BCUT2D eigenvalue weighted by Gasteiger charge is -2.19. The van der Waals surface area contributed by atoms with Gasteiger partial charge in [-0.05, 0) is 50.1 Å². The van der Waals surface area contributed by atoms with E-state index in [1.54, 1.807) is 36.4 Å². The van der Waals surface area contributed by atoms with Gasteiger partial charge in [-0.15, -0.1) is 0 Å². The topological polar surface area (TPSA) is 85.0 Å². The van der Waals surface area contributed by atoms with Crippen molar-refractivity contribution in [2.45, 2.75) is 33.1 Å². The second-order valence-electron chi connectivity index (χ2n) is 7.74. The molecule has 0 N–H and O–H groups in total. The maximum atomic E-state index is 13.3. The van der Waals surface area contributed by atoms with Crippen LogP contribution in [0.4, 0.5) is 11.5 Å². The molecule has 5 rings (SSSR count). The lowest BCUT2D eigenvalue weighted by atomic mass is 9.85. The first kappa shape index (κ1) is 17.5. The number of amides is 1. The highest BCUT2D eigenvalue weighted by atomic mass is 16.3. The number of anilines is 2. The van der Waals surface area contributed by atoms with Crippen molar-refractivity contribution < 1.29 is 9.21 Å². The van der Waals surface area contributed by atoms with Crippen LogP contribution in [0.1, 0.15) is 31.1 Å². The van der Waals surface area contributed by atoms with E-state index in [0.717, 1.165) is 22.4 Å². The van der Waals surface area contributed by atoms with Gasteiger partial charge in [0.1, 0.15) is 11.6 Å². The second kappa shape index (κ2) is 5.94. The van der Waals surface area contributed by atoms with Crippen molar-refractivity contribution in [3.05, 3.63) is 60.0 Å². The van der Waals surface area contributed by atoms with Gasteiger partial charge in [0.15, 0.2) is 11.5 Å². The number of pyridine rings is 1. The molecule has 1 aromatic carbocycles. The summed E-state index contributed by atoms with van der Waals surface area (Å²) in [5.41, 5.74) is 4.03. The number of oxazole rings is 1. The fourth-order valence-corrected chi connectivity index (χ4v) is 3.74. The Morgan fingerprint density at radius 3 is 2.48 bits per heavy atom. The highest BCUT2D eigenvalue weighted by Gasteiger charge is 2.45. The van der Waals surface area contributed by atoms with E-state index in [1.807, 2.05) is 39.0 Å². The molecular formula is C22H19N5O2. The quantitative estimate of drug-likeness (QED) is 0.513. The van der Waals surface area contributed by atoms with Crippen LogP contribution in [0.2, 0.25) is 0 Å². The summed E-state index contributed by atoms with van der Waals surface area (Å²) in [6.07, 6.45) is 3.58. The van der Waals surface area contributed by atoms with E-state index < -0.39 is 5.41 Å². The molecule has 1 amide bonds. The van der Waals surface area contributed by atoms with E-state index >= 15 is 0 Å². The third-order valence-corrected chi connectivity index (χ3v) is 5.34. The van der Waals surface area contributed by atoms with Gasteiger partial charge < -0.3 is 4.42 Å². The van der Waals surface area contributed by atoms with E-state index in [1.165, 1.54) is 0 Å². The molecule has 3 aromatic heterocycles. The first-order valence-electron chi connectivity index (χ1n) is 9.37. The van der Waals surface area contributed by atoms with Gasteiger partial charge in [0.25, 0.3) is 0 Å². The van der Waals surface area contributed by atoms with Gasteiger partial charge in [0.05, 0.1) is 11.1 Å². The number of rotatable bonds is 2. The first-order chi connectivity index (χ1) is 13.8. The molecule has 7 heteroatoms. The molecule has 0 spiro atoms. The molecule has 29 heavy (non-hydrogen) atoms. The van der Waals surface area contributed by atoms with Crippen LogP contribution in [0, 0.1) is 13.8 Å². The molecule has 1 aliphatic heterocycles. The molecule has 0 saturated carbocycles. The molecule has 0 aliphatic carbocycles. The van der Waals surface area contributed by atoms with E-state index in [4.69, 9.17) is 4.42 Å². The van der Waals surface area contributed by atoms with E-state index in [0.29, 0.717) is 28.8 Å². The smallest absolute Gasteiger partial charge is 0.242 e. The van der Waals surface area contributed by atoms with Crippen LogP contribution in [-0.4, -0.2) is 25.8 Å². The number of benzene rings is 1. The summed E-state index contributed by atoms with van der Waals surface area (Å²) in [6, 6.07) is 9.59. The Morgan fingerprint density at radius 2 is 1.72 bits per heavy atom. The van der Waals surface area contributed by atoms with Gasteiger partial charge >= 0.3 is 0 Å². The SMILES string of the molecule is Cc1ncc(-c2ccc3c(c2)N(c2ccc4oc(C)nc4n2)C(=O)C3(C)C)cn1. The van der Waals surface area contributed by atoms with Crippen molar-refractivity contribution in [1.82, 2.24) is 19.9 Å². The Labute approximate surface area is 167 Å². The minimum atomic E-state index is -0.659. The summed E-state index contributed by atoms with van der Waals surface area (Å²) >= 11 is 0. The lowest BCUT2D eigenvalue weighted by molar-refractivity contribution is -0.121. The zero-order valence-electron chi connectivity index (χ0n) is 16.6. The first-order valence-corrected chi connectivity index (χ1v) is 9.37. The fraction of sp³-hybridized carbons (Fsp3) is 0.227. The average molecular weight is 385 g/mol. The molecule has 0 saturated heterocycles. The summed E-state index contributed by atoms with van der Waals surface area (Å²) in [4.78, 5) is 32.5. The van der Waals surface area contributed by atoms with Crippen molar-refractivity contribution >= 4 is 28.6 Å². The molecule has 0 atom stereocenters. The number of aromatic nitrogens is 4. The third kappa shape index (κ3) is 2.61. The van der Waals surface area contributed by atoms with Crippen LogP contribution in [0.5, 0.6) is 0 Å². The summed E-state index contributed by atoms with van der Waals surface area (Å²) in [5.74, 6) is 1.75. The second-order valence-corrected chi connectivity index (χ2v) is 7.74. The van der Waals surface area contributed by atoms with Gasteiger partial charge in [-0.2, -0.15) is 4.98 Å². The van der Waals surface area contributed by atoms with Crippen LogP contribution in [0.25, 0.3) is 22.4 Å². The van der Waals surface area contributed by atoms with E-state index in [2.05, 4.69) is 19.9 Å². The van der Waals surface area contributed by atoms with Gasteiger partial charge in [-0.3, -0.25) is 9.69 Å². The van der Waals surface area contributed by atoms with Crippen LogP contribution in [-0.2, 0) is 10.2 Å². The normalized spacial score (nSPS) is 15.2. The number of carbonyl (C=O) groups is 1. The minimum absolute atomic E-state index is 0.0307. The molecule has 0 bridgehead atoms. The third-order valence-electron chi connectivity index (χ3n) is 5.34. The summed E-state index contributed by atoms with van der Waals surface area (Å²) in [5, 5.41) is 0. The number of aryl methyl sites for hydroxylation is 2. The Kier molecular flexibility index (Phi) is 3.58. The van der Waals surface area contributed by atoms with E-state index in [-0.39, 0.29) is 5.91 Å². The number of hydrogen-bond acceptors (Lipinski definition) is 6. The molecule has 7 nitrogen and oxygen atoms in total. The van der Waals surface area contributed by atoms with Crippen molar-refractivity contribution in [1.29, 1.82) is 0 Å². The summed E-state index contributed by atoms with van der Waals surface area (Å²) in [7, 11) is 0. The van der Waals surface area contributed by atoms with Crippen molar-refractivity contribution in [3.63, 3.8) is 0 Å². The number of hydrogen-bond donors (Lipinski definition) is 0. The predicted molar refractivity (Wildman–Crippen MR) is 109 cm³/mol. The number of fused-ring (bicyclic) bond motifs is 2. The molecule has 0 radical (unpaired) electrons. The van der Waals surface area contributed by atoms with Crippen LogP contribution < -0.4 is 4.90 Å². The van der Waals surface area contributed by atoms with Crippen LogP contribution in [0.3, 0.4) is 0 Å². The zero-order chi connectivity index (χ0) is 20.3. The molecule has 4 heterocycles. The average Bonchev–Trinajstić information content (AvgIpc) is 3.16. The van der Waals surface area contributed by atoms with Crippen molar-refractivity contribution in [3.8, 4) is 11.1 Å². The minimum Gasteiger partial charge on any atom is -0.439 e. The molecular weight excluding hydrogens is 366 g/mol. The molecule has 4 aromatic rings. The predicted octanol–water partition coefficient (Wildman–Crippen LogP) is 4.25. The van der Waals surface area contributed by atoms with Crippen LogP contribution in [0.15, 0.2) is 47.1 Å². The summed E-state index contributed by atoms with van der Waals surface area (Å²) < 4.78 is 5.52. The van der Waals surface area contributed by atoms with Gasteiger partial charge in [0, 0.05) is 24.9 Å². The monoisotopic (exact) mass is 385 g/mol. The molecule has 0 unspecified atom stereocenters. The van der Waals surface area contributed by atoms with Crippen LogP contribution >= 0.6 is 0 Å². The lowest BCUT2D eigenvalue weighted by Crippen LogP contribution is -2.33.